The van der Waals surface area contributed by atoms with Gasteiger partial charge in [0.15, 0.2) is 0 Å². The molecule has 28 heavy (non-hydrogen) atoms. The molecule has 0 fully saturated rings. The van der Waals surface area contributed by atoms with Crippen LogP contribution in [0.25, 0.3) is 0 Å². The van der Waals surface area contributed by atoms with Crippen LogP contribution >= 0.6 is 0 Å². The first-order valence-corrected chi connectivity index (χ1v) is 9.80. The Morgan fingerprint density at radius 3 is 1.50 bits per heavy atom. The first kappa shape index (κ1) is 21.2. The molecule has 0 aliphatic carbocycles. The number of hydrogen-bond donors (Lipinski definition) is 1. The molecule has 0 heterocycles. The lowest BCUT2D eigenvalue weighted by molar-refractivity contribution is 0.0697. The number of rotatable bonds is 7. The second kappa shape index (κ2) is 11.6. The quantitative estimate of drug-likeness (QED) is 0.519. The van der Waals surface area contributed by atoms with Crippen LogP contribution in [0.3, 0.4) is 0 Å². The second-order valence-corrected chi connectivity index (χ2v) is 6.68. The summed E-state index contributed by atoms with van der Waals surface area (Å²) in [5.74, 6) is -0.904. The van der Waals surface area contributed by atoms with E-state index in [1.54, 1.807) is 12.1 Å². The van der Waals surface area contributed by atoms with Crippen molar-refractivity contribution in [3.63, 3.8) is 0 Å². The van der Waals surface area contributed by atoms with Gasteiger partial charge in [0.05, 0.1) is 5.56 Å². The minimum atomic E-state index is -0.904. The van der Waals surface area contributed by atoms with Crippen LogP contribution in [0.2, 0.25) is 0 Å². The van der Waals surface area contributed by atoms with Crippen LogP contribution in [0.4, 0.5) is 5.69 Å². The van der Waals surface area contributed by atoms with Crippen molar-refractivity contribution in [3.8, 4) is 0 Å². The number of anilines is 1. The van der Waals surface area contributed by atoms with Crippen LogP contribution in [0.1, 0.15) is 48.2 Å². The molecule has 0 aliphatic rings. The molecule has 0 atom stereocenters. The number of carboxylic acids is 1. The highest BCUT2D eigenvalue weighted by Crippen LogP contribution is 2.21. The van der Waals surface area contributed by atoms with Crippen molar-refractivity contribution in [2.45, 2.75) is 39.8 Å². The summed E-state index contributed by atoms with van der Waals surface area (Å²) in [4.78, 5) is 13.3. The zero-order valence-corrected chi connectivity index (χ0v) is 16.7. The Morgan fingerprint density at radius 2 is 1.14 bits per heavy atom. The van der Waals surface area contributed by atoms with E-state index in [4.69, 9.17) is 5.11 Å². The first-order valence-electron chi connectivity index (χ1n) is 9.80. The average molecular weight is 376 g/mol. The highest BCUT2D eigenvalue weighted by Gasteiger charge is 2.10. The van der Waals surface area contributed by atoms with Gasteiger partial charge in [-0.05, 0) is 35.4 Å². The molecule has 0 bridgehead atoms. The van der Waals surface area contributed by atoms with Crippen molar-refractivity contribution in [1.82, 2.24) is 0 Å². The molecule has 3 heteroatoms. The van der Waals surface area contributed by atoms with Gasteiger partial charge in [0.1, 0.15) is 0 Å². The SMILES string of the molecule is CCCC.O=C(O)c1ccc(N(Cc2ccccc2)Cc2ccccc2)cc1. The van der Waals surface area contributed by atoms with Gasteiger partial charge in [-0.1, -0.05) is 87.4 Å². The van der Waals surface area contributed by atoms with E-state index in [1.165, 1.54) is 24.0 Å². The van der Waals surface area contributed by atoms with Gasteiger partial charge in [0.25, 0.3) is 0 Å². The molecule has 146 valence electrons. The Hall–Kier alpha value is -3.07. The number of nitrogens with zero attached hydrogens (tertiary/aromatic N) is 1. The Balaban J connectivity index is 0.000000640. The molecule has 0 aromatic heterocycles. The van der Waals surface area contributed by atoms with Crippen LogP contribution in [-0.2, 0) is 13.1 Å². The van der Waals surface area contributed by atoms with Crippen molar-refractivity contribution in [3.05, 3.63) is 102 Å². The number of carboxylic acid groups (broad SMARTS) is 1. The van der Waals surface area contributed by atoms with E-state index in [9.17, 15) is 4.79 Å². The summed E-state index contributed by atoms with van der Waals surface area (Å²) in [5.41, 5.74) is 3.75. The fourth-order valence-corrected chi connectivity index (χ4v) is 2.66. The monoisotopic (exact) mass is 375 g/mol. The van der Waals surface area contributed by atoms with Gasteiger partial charge in [-0.25, -0.2) is 4.79 Å². The highest BCUT2D eigenvalue weighted by molar-refractivity contribution is 5.88. The third kappa shape index (κ3) is 6.92. The van der Waals surface area contributed by atoms with E-state index in [1.807, 2.05) is 48.5 Å². The molecule has 3 nitrogen and oxygen atoms in total. The van der Waals surface area contributed by atoms with Gasteiger partial charge in [0.2, 0.25) is 0 Å². The predicted molar refractivity (Wildman–Crippen MR) is 117 cm³/mol. The van der Waals surface area contributed by atoms with Crippen molar-refractivity contribution >= 4 is 11.7 Å². The zero-order valence-electron chi connectivity index (χ0n) is 16.7. The molecule has 0 saturated carbocycles. The van der Waals surface area contributed by atoms with Crippen LogP contribution in [0.15, 0.2) is 84.9 Å². The third-order valence-electron chi connectivity index (χ3n) is 4.41. The largest absolute Gasteiger partial charge is 0.478 e. The molecule has 0 aliphatic heterocycles. The lowest BCUT2D eigenvalue weighted by atomic mass is 10.1. The summed E-state index contributed by atoms with van der Waals surface area (Å²) in [5, 5.41) is 9.07. The second-order valence-electron chi connectivity index (χ2n) is 6.68. The topological polar surface area (TPSA) is 40.5 Å². The average Bonchev–Trinajstić information content (AvgIpc) is 2.75. The van der Waals surface area contributed by atoms with E-state index in [0.29, 0.717) is 5.56 Å². The predicted octanol–water partition coefficient (Wildman–Crippen LogP) is 6.40. The number of benzene rings is 3. The summed E-state index contributed by atoms with van der Waals surface area (Å²) >= 11 is 0. The summed E-state index contributed by atoms with van der Waals surface area (Å²) in [6, 6.07) is 27.6. The molecule has 3 aromatic carbocycles. The maximum atomic E-state index is 11.1. The minimum Gasteiger partial charge on any atom is -0.478 e. The van der Waals surface area contributed by atoms with Gasteiger partial charge in [-0.3, -0.25) is 0 Å². The minimum absolute atomic E-state index is 0.304. The van der Waals surface area contributed by atoms with Crippen molar-refractivity contribution in [1.29, 1.82) is 0 Å². The number of aromatic carboxylic acids is 1. The molecular formula is C25H29NO2. The van der Waals surface area contributed by atoms with Gasteiger partial charge in [-0.15, -0.1) is 0 Å². The van der Waals surface area contributed by atoms with Crippen molar-refractivity contribution in [2.75, 3.05) is 4.90 Å². The highest BCUT2D eigenvalue weighted by atomic mass is 16.4. The van der Waals surface area contributed by atoms with Gasteiger partial charge < -0.3 is 10.0 Å². The summed E-state index contributed by atoms with van der Waals surface area (Å²) < 4.78 is 0. The zero-order chi connectivity index (χ0) is 20.2. The van der Waals surface area contributed by atoms with Gasteiger partial charge in [-0.2, -0.15) is 0 Å². The fourth-order valence-electron chi connectivity index (χ4n) is 2.66. The maximum absolute atomic E-state index is 11.1. The first-order chi connectivity index (χ1) is 13.6. The number of carbonyl (C=O) groups is 1. The summed E-state index contributed by atoms with van der Waals surface area (Å²) in [6.45, 7) is 5.89. The standard InChI is InChI=1S/C21H19NO2.C4H10/c23-21(24)19-11-13-20(14-12-19)22(15-17-7-3-1-4-8-17)16-18-9-5-2-6-10-18;1-3-4-2/h1-14H,15-16H2,(H,23,24);3-4H2,1-2H3. The molecule has 1 N–H and O–H groups in total. The molecule has 0 radical (unpaired) electrons. The molecule has 3 aromatic rings. The third-order valence-corrected chi connectivity index (χ3v) is 4.41. The maximum Gasteiger partial charge on any atom is 0.335 e. The van der Waals surface area contributed by atoms with Gasteiger partial charge in [0, 0.05) is 18.8 Å². The van der Waals surface area contributed by atoms with E-state index < -0.39 is 5.97 Å². The Labute approximate surface area is 168 Å². The molecule has 0 amide bonds. The van der Waals surface area contributed by atoms with E-state index in [2.05, 4.69) is 43.0 Å². The Bertz CT molecular complexity index is 771. The number of hydrogen-bond acceptors (Lipinski definition) is 2. The van der Waals surface area contributed by atoms with Crippen molar-refractivity contribution in [2.24, 2.45) is 0 Å². The van der Waals surface area contributed by atoms with Crippen LogP contribution in [0, 0.1) is 0 Å². The lowest BCUT2D eigenvalue weighted by Gasteiger charge is -2.25. The van der Waals surface area contributed by atoms with Crippen LogP contribution < -0.4 is 4.90 Å². The number of unbranched alkanes of at least 4 members (excludes halogenated alkanes) is 1. The molecule has 0 spiro atoms. The van der Waals surface area contributed by atoms with Crippen LogP contribution in [-0.4, -0.2) is 11.1 Å². The van der Waals surface area contributed by atoms with Crippen LogP contribution in [0.5, 0.6) is 0 Å². The van der Waals surface area contributed by atoms with Crippen molar-refractivity contribution < 1.29 is 9.90 Å². The molecule has 0 saturated heterocycles. The lowest BCUT2D eigenvalue weighted by Crippen LogP contribution is -2.22. The molecular weight excluding hydrogens is 346 g/mol. The smallest absolute Gasteiger partial charge is 0.335 e. The summed E-state index contributed by atoms with van der Waals surface area (Å²) in [7, 11) is 0. The molecule has 3 rings (SSSR count). The molecule has 0 unspecified atom stereocenters. The summed E-state index contributed by atoms with van der Waals surface area (Å²) in [6.07, 6.45) is 2.64. The van der Waals surface area contributed by atoms with E-state index >= 15 is 0 Å². The fraction of sp³-hybridized carbons (Fsp3) is 0.240. The van der Waals surface area contributed by atoms with E-state index in [-0.39, 0.29) is 0 Å². The van der Waals surface area contributed by atoms with E-state index in [0.717, 1.165) is 18.8 Å². The Kier molecular flexibility index (Phi) is 8.80. The normalized spacial score (nSPS) is 9.93. The van der Waals surface area contributed by atoms with Gasteiger partial charge >= 0.3 is 5.97 Å². The Morgan fingerprint density at radius 1 is 0.714 bits per heavy atom.